The second-order valence-corrected chi connectivity index (χ2v) is 6.38. The number of nitriles is 1. The number of rotatable bonds is 4. The van der Waals surface area contributed by atoms with Crippen LogP contribution in [0.3, 0.4) is 0 Å². The van der Waals surface area contributed by atoms with Crippen LogP contribution in [0.5, 0.6) is 0 Å². The first-order chi connectivity index (χ1) is 12.8. The predicted octanol–water partition coefficient (Wildman–Crippen LogP) is 3.39. The van der Waals surface area contributed by atoms with E-state index in [4.69, 9.17) is 5.73 Å². The largest absolute Gasteiger partial charge is 0.433 e. The number of nitrogens with one attached hydrogen (secondary N) is 1. The summed E-state index contributed by atoms with van der Waals surface area (Å²) in [4.78, 5) is 15.0. The van der Waals surface area contributed by atoms with Crippen LogP contribution in [-0.2, 0) is 6.18 Å². The first-order valence-electron chi connectivity index (χ1n) is 8.38. The highest BCUT2D eigenvalue weighted by Crippen LogP contribution is 2.35. The van der Waals surface area contributed by atoms with Gasteiger partial charge in [-0.2, -0.15) is 23.5 Å². The molecule has 1 saturated carbocycles. The van der Waals surface area contributed by atoms with Gasteiger partial charge in [-0.3, -0.25) is 14.5 Å². The van der Waals surface area contributed by atoms with Crippen molar-refractivity contribution in [1.82, 2.24) is 14.8 Å². The molecule has 0 unspecified atom stereocenters. The Morgan fingerprint density at radius 1 is 1.37 bits per heavy atom. The van der Waals surface area contributed by atoms with Gasteiger partial charge in [0.25, 0.3) is 5.91 Å². The number of alkyl halides is 3. The van der Waals surface area contributed by atoms with Gasteiger partial charge < -0.3 is 11.1 Å². The lowest BCUT2D eigenvalue weighted by molar-refractivity contribution is -0.141. The summed E-state index contributed by atoms with van der Waals surface area (Å²) in [7, 11) is 0. The Hall–Kier alpha value is -3.09. The highest BCUT2D eigenvalue weighted by molar-refractivity contribution is 5.98. The van der Waals surface area contributed by atoms with Crippen LogP contribution in [0, 0.1) is 17.2 Å². The number of nitrogens with two attached hydrogens (primary N) is 1. The van der Waals surface area contributed by atoms with E-state index in [1.807, 2.05) is 0 Å². The molecule has 1 amide bonds. The molecule has 0 spiro atoms. The minimum Gasteiger partial charge on any atom is -0.365 e. The average Bonchev–Trinajstić information content (AvgIpc) is 3.05. The number of carbonyl (C=O) groups is 1. The molecule has 1 aliphatic carbocycles. The minimum absolute atomic E-state index is 0.0441. The third-order valence-corrected chi connectivity index (χ3v) is 4.55. The third kappa shape index (κ3) is 4.02. The summed E-state index contributed by atoms with van der Waals surface area (Å²) in [5.74, 6) is -0.966. The monoisotopic (exact) mass is 378 g/mol. The maximum atomic E-state index is 12.8. The van der Waals surface area contributed by atoms with E-state index in [1.54, 1.807) is 0 Å². The number of halogens is 3. The maximum absolute atomic E-state index is 12.8. The molecule has 2 heterocycles. The quantitative estimate of drug-likeness (QED) is 0.847. The highest BCUT2D eigenvalue weighted by atomic mass is 19.4. The Morgan fingerprint density at radius 3 is 2.78 bits per heavy atom. The van der Waals surface area contributed by atoms with Crippen molar-refractivity contribution >= 4 is 17.4 Å². The average molecular weight is 378 g/mol. The molecule has 2 aromatic heterocycles. The van der Waals surface area contributed by atoms with Gasteiger partial charge in [0.15, 0.2) is 5.82 Å². The van der Waals surface area contributed by atoms with Crippen LogP contribution in [0.2, 0.25) is 0 Å². The van der Waals surface area contributed by atoms with Gasteiger partial charge in [-0.05, 0) is 25.0 Å². The van der Waals surface area contributed by atoms with E-state index in [9.17, 15) is 23.2 Å². The first kappa shape index (κ1) is 18.7. The number of aromatic nitrogens is 3. The Kier molecular flexibility index (Phi) is 5.03. The summed E-state index contributed by atoms with van der Waals surface area (Å²) in [5.41, 5.74) is 4.44. The van der Waals surface area contributed by atoms with Crippen molar-refractivity contribution in [2.45, 2.75) is 37.9 Å². The Bertz CT molecular complexity index is 886. The molecule has 2 atom stereocenters. The zero-order valence-electron chi connectivity index (χ0n) is 14.2. The maximum Gasteiger partial charge on any atom is 0.433 e. The molecular weight excluding hydrogens is 361 g/mol. The fraction of sp³-hybridized carbons (Fsp3) is 0.412. The summed E-state index contributed by atoms with van der Waals surface area (Å²) in [6, 6.07) is 4.20. The van der Waals surface area contributed by atoms with Gasteiger partial charge in [0, 0.05) is 18.1 Å². The topological polar surface area (TPSA) is 110 Å². The Balaban J connectivity index is 1.93. The Labute approximate surface area is 153 Å². The number of hydrogen-bond donors (Lipinski definition) is 2. The van der Waals surface area contributed by atoms with E-state index in [0.717, 1.165) is 37.9 Å². The van der Waals surface area contributed by atoms with Crippen LogP contribution in [0.1, 0.15) is 47.8 Å². The van der Waals surface area contributed by atoms with E-state index >= 15 is 0 Å². The van der Waals surface area contributed by atoms with Gasteiger partial charge in [-0.15, -0.1) is 0 Å². The van der Waals surface area contributed by atoms with Crippen molar-refractivity contribution < 1.29 is 18.0 Å². The van der Waals surface area contributed by atoms with Crippen molar-refractivity contribution in [3.63, 3.8) is 0 Å². The second-order valence-electron chi connectivity index (χ2n) is 6.38. The van der Waals surface area contributed by atoms with Crippen LogP contribution in [0.4, 0.5) is 24.7 Å². The fourth-order valence-electron chi connectivity index (χ4n) is 3.21. The summed E-state index contributed by atoms with van der Waals surface area (Å²) >= 11 is 0. The predicted molar refractivity (Wildman–Crippen MR) is 89.9 cm³/mol. The molecule has 1 fully saturated rings. The van der Waals surface area contributed by atoms with Gasteiger partial charge in [-0.25, -0.2) is 0 Å². The third-order valence-electron chi connectivity index (χ3n) is 4.55. The molecule has 2 aromatic rings. The van der Waals surface area contributed by atoms with Crippen molar-refractivity contribution in [2.24, 2.45) is 11.7 Å². The second kappa shape index (κ2) is 7.26. The van der Waals surface area contributed by atoms with Gasteiger partial charge in [0.2, 0.25) is 0 Å². The van der Waals surface area contributed by atoms with Gasteiger partial charge >= 0.3 is 6.18 Å². The molecule has 3 N–H and O–H groups in total. The summed E-state index contributed by atoms with van der Waals surface area (Å²) in [5, 5.41) is 16.3. The SMILES string of the molecule is N#C[C@H]1CCCC[C@@H]1n1cc(C(N)=O)c(Nc2ccnc(C(F)(F)F)c2)n1. The molecular formula is C17H17F3N6O. The van der Waals surface area contributed by atoms with Gasteiger partial charge in [0.05, 0.1) is 18.0 Å². The molecule has 0 saturated heterocycles. The first-order valence-corrected chi connectivity index (χ1v) is 8.38. The highest BCUT2D eigenvalue weighted by Gasteiger charge is 2.33. The normalized spacial score (nSPS) is 20.1. The van der Waals surface area contributed by atoms with Gasteiger partial charge in [0.1, 0.15) is 11.3 Å². The summed E-state index contributed by atoms with van der Waals surface area (Å²) in [6.45, 7) is 0. The number of amides is 1. The lowest BCUT2D eigenvalue weighted by Gasteiger charge is -2.26. The fourth-order valence-corrected chi connectivity index (χ4v) is 3.21. The zero-order chi connectivity index (χ0) is 19.6. The molecule has 1 aliphatic rings. The standard InChI is InChI=1S/C17H17F3N6O/c18-17(19,20)14-7-11(5-6-23-14)24-16-12(15(22)27)9-26(25-16)13-4-2-1-3-10(13)8-21/h5-7,9-10,13H,1-4H2,(H2,22,27)(H,23,24,25)/t10-,13+/m1/s1. The van der Waals surface area contributed by atoms with Crippen molar-refractivity contribution in [2.75, 3.05) is 5.32 Å². The molecule has 27 heavy (non-hydrogen) atoms. The molecule has 142 valence electrons. The number of hydrogen-bond acceptors (Lipinski definition) is 5. The van der Waals surface area contributed by atoms with Crippen molar-refractivity contribution in [1.29, 1.82) is 5.26 Å². The Morgan fingerprint density at radius 2 is 2.11 bits per heavy atom. The molecule has 0 radical (unpaired) electrons. The van der Waals surface area contributed by atoms with E-state index in [2.05, 4.69) is 21.5 Å². The number of carbonyl (C=O) groups excluding carboxylic acids is 1. The summed E-state index contributed by atoms with van der Waals surface area (Å²) in [6.07, 6.45) is 1.19. The van der Waals surface area contributed by atoms with Crippen LogP contribution in [0.25, 0.3) is 0 Å². The molecule has 10 heteroatoms. The van der Waals surface area contributed by atoms with Crippen LogP contribution >= 0.6 is 0 Å². The van der Waals surface area contributed by atoms with E-state index < -0.39 is 17.8 Å². The number of pyridine rings is 1. The molecule has 0 aliphatic heterocycles. The molecule has 3 rings (SSSR count). The summed E-state index contributed by atoms with van der Waals surface area (Å²) < 4.78 is 40.0. The number of anilines is 2. The lowest BCUT2D eigenvalue weighted by Crippen LogP contribution is -2.22. The van der Waals surface area contributed by atoms with Crippen LogP contribution < -0.4 is 11.1 Å². The van der Waals surface area contributed by atoms with Crippen LogP contribution in [0.15, 0.2) is 24.5 Å². The smallest absolute Gasteiger partial charge is 0.365 e. The van der Waals surface area contributed by atoms with E-state index in [1.165, 1.54) is 16.9 Å². The van der Waals surface area contributed by atoms with E-state index in [-0.39, 0.29) is 29.0 Å². The van der Waals surface area contributed by atoms with Crippen molar-refractivity contribution in [3.8, 4) is 6.07 Å². The lowest BCUT2D eigenvalue weighted by atomic mass is 9.85. The van der Waals surface area contributed by atoms with Gasteiger partial charge in [-0.1, -0.05) is 12.8 Å². The van der Waals surface area contributed by atoms with E-state index in [0.29, 0.717) is 0 Å². The van der Waals surface area contributed by atoms with Crippen molar-refractivity contribution in [3.05, 3.63) is 35.8 Å². The zero-order valence-corrected chi connectivity index (χ0v) is 14.2. The number of primary amides is 1. The van der Waals surface area contributed by atoms with Crippen LogP contribution in [-0.4, -0.2) is 20.7 Å². The molecule has 0 bridgehead atoms. The minimum atomic E-state index is -4.59. The molecule has 0 aromatic carbocycles. The number of nitrogens with zero attached hydrogens (tertiary/aromatic N) is 4. The molecule has 7 nitrogen and oxygen atoms in total.